The zero-order valence-electron chi connectivity index (χ0n) is 15.6. The summed E-state index contributed by atoms with van der Waals surface area (Å²) in [6.45, 7) is 1.10. The molecule has 170 valence electrons. The Morgan fingerprint density at radius 2 is 1.39 bits per heavy atom. The van der Waals surface area contributed by atoms with E-state index < -0.39 is 41.0 Å². The van der Waals surface area contributed by atoms with Gasteiger partial charge in [0.25, 0.3) is 0 Å². The number of alkyl halides is 9. The summed E-state index contributed by atoms with van der Waals surface area (Å²) < 4.78 is 127. The van der Waals surface area contributed by atoms with Crippen LogP contribution in [0.4, 0.5) is 39.5 Å². The average molecular weight is 523 g/mol. The van der Waals surface area contributed by atoms with E-state index in [-0.39, 0.29) is 27.2 Å². The third-order valence-electron chi connectivity index (χ3n) is 4.38. The van der Waals surface area contributed by atoms with Gasteiger partial charge in [-0.3, -0.25) is 0 Å². The highest BCUT2D eigenvalue weighted by atomic mass is 79.9. The summed E-state index contributed by atoms with van der Waals surface area (Å²) in [5.41, 5.74) is -9.56. The van der Waals surface area contributed by atoms with Gasteiger partial charge in [0, 0.05) is 15.6 Å². The van der Waals surface area contributed by atoms with Crippen LogP contribution in [0, 0.1) is 6.92 Å². The summed E-state index contributed by atoms with van der Waals surface area (Å²) in [7, 11) is 1.05. The van der Waals surface area contributed by atoms with Gasteiger partial charge in [-0.05, 0) is 36.2 Å². The maximum Gasteiger partial charge on any atom is 0.457 e. The van der Waals surface area contributed by atoms with Crippen LogP contribution < -0.4 is 0 Å². The second-order valence-corrected chi connectivity index (χ2v) is 7.32. The number of esters is 1. The van der Waals surface area contributed by atoms with Crippen LogP contribution in [-0.2, 0) is 10.4 Å². The van der Waals surface area contributed by atoms with Gasteiger partial charge in [0.15, 0.2) is 0 Å². The normalized spacial score (nSPS) is 14.8. The van der Waals surface area contributed by atoms with Crippen LogP contribution in [0.5, 0.6) is 0 Å². The first-order valence-corrected chi connectivity index (χ1v) is 8.98. The lowest BCUT2D eigenvalue weighted by molar-refractivity contribution is -0.389. The molecule has 0 aliphatic carbocycles. The molecule has 0 aromatic heterocycles. The molecule has 1 unspecified atom stereocenters. The van der Waals surface area contributed by atoms with Gasteiger partial charge >= 0.3 is 29.9 Å². The Labute approximate surface area is 178 Å². The Bertz CT molecular complexity index is 982. The Hall–Kier alpha value is -2.24. The maximum absolute atomic E-state index is 15.2. The number of carbonyl (C=O) groups excluding carboxylic acids is 1. The van der Waals surface area contributed by atoms with Crippen molar-refractivity contribution in [2.24, 2.45) is 0 Å². The van der Waals surface area contributed by atoms with Gasteiger partial charge < -0.3 is 4.74 Å². The Morgan fingerprint density at radius 1 is 0.871 bits per heavy atom. The fraction of sp³-hybridized carbons (Fsp3) is 0.316. The molecule has 0 heterocycles. The van der Waals surface area contributed by atoms with E-state index in [1.54, 1.807) is 0 Å². The number of halogens is 10. The van der Waals surface area contributed by atoms with Crippen molar-refractivity contribution in [3.63, 3.8) is 0 Å². The predicted molar refractivity (Wildman–Crippen MR) is 95.5 cm³/mol. The van der Waals surface area contributed by atoms with Crippen molar-refractivity contribution < 1.29 is 49.0 Å². The fourth-order valence-electron chi connectivity index (χ4n) is 2.89. The summed E-state index contributed by atoms with van der Waals surface area (Å²) in [6.07, 6.45) is -13.5. The van der Waals surface area contributed by atoms with Gasteiger partial charge in [0.2, 0.25) is 0 Å². The van der Waals surface area contributed by atoms with Crippen LogP contribution in [0.3, 0.4) is 0 Å². The molecule has 1 atom stereocenters. The molecule has 12 heteroatoms. The molecule has 0 saturated heterocycles. The molecule has 0 N–H and O–H groups in total. The van der Waals surface area contributed by atoms with Crippen molar-refractivity contribution in [1.82, 2.24) is 0 Å². The van der Waals surface area contributed by atoms with Gasteiger partial charge in [-0.2, -0.15) is 35.1 Å². The second-order valence-electron chi connectivity index (χ2n) is 6.47. The number of carbonyl (C=O) groups is 1. The van der Waals surface area contributed by atoms with Gasteiger partial charge in [-0.25, -0.2) is 9.18 Å². The number of benzene rings is 2. The molecule has 2 aromatic rings. The monoisotopic (exact) mass is 522 g/mol. The van der Waals surface area contributed by atoms with E-state index in [0.29, 0.717) is 0 Å². The minimum absolute atomic E-state index is 0.0843. The van der Waals surface area contributed by atoms with Crippen molar-refractivity contribution in [1.29, 1.82) is 0 Å². The van der Waals surface area contributed by atoms with Gasteiger partial charge in [-0.15, -0.1) is 0 Å². The molecule has 2 aromatic carbocycles. The summed E-state index contributed by atoms with van der Waals surface area (Å²) in [5, 5.41) is 0. The van der Waals surface area contributed by atoms with Crippen LogP contribution in [0.2, 0.25) is 0 Å². The molecule has 0 aliphatic rings. The highest BCUT2D eigenvalue weighted by Gasteiger charge is 2.82. The van der Waals surface area contributed by atoms with Crippen molar-refractivity contribution in [3.8, 4) is 11.1 Å². The minimum Gasteiger partial charge on any atom is -0.465 e. The second kappa shape index (κ2) is 8.03. The van der Waals surface area contributed by atoms with Crippen LogP contribution in [0.25, 0.3) is 11.1 Å². The van der Waals surface area contributed by atoms with E-state index in [1.807, 2.05) is 0 Å². The zero-order chi connectivity index (χ0) is 24.0. The molecule has 0 radical (unpaired) electrons. The third kappa shape index (κ3) is 4.13. The van der Waals surface area contributed by atoms with Gasteiger partial charge in [0.1, 0.15) is 0 Å². The lowest BCUT2D eigenvalue weighted by Gasteiger charge is -2.37. The van der Waals surface area contributed by atoms with Crippen LogP contribution in [0.1, 0.15) is 21.5 Å². The van der Waals surface area contributed by atoms with Crippen molar-refractivity contribution in [2.45, 2.75) is 30.9 Å². The number of aryl methyl sites for hydroxylation is 1. The van der Waals surface area contributed by atoms with Gasteiger partial charge in [0.05, 0.1) is 12.7 Å². The summed E-state index contributed by atoms with van der Waals surface area (Å²) in [5.74, 6) is -7.65. The highest BCUT2D eigenvalue weighted by Crippen LogP contribution is 2.60. The van der Waals surface area contributed by atoms with E-state index >= 15 is 4.39 Å². The summed E-state index contributed by atoms with van der Waals surface area (Å²) in [6, 6.07) is 5.40. The lowest BCUT2D eigenvalue weighted by atomic mass is 9.82. The molecule has 0 aliphatic heterocycles. The molecule has 0 amide bonds. The van der Waals surface area contributed by atoms with E-state index in [1.165, 1.54) is 0 Å². The molecule has 0 bridgehead atoms. The highest BCUT2D eigenvalue weighted by molar-refractivity contribution is 9.10. The number of hydrogen-bond donors (Lipinski definition) is 0. The third-order valence-corrected chi connectivity index (χ3v) is 5.01. The lowest BCUT2D eigenvalue weighted by Crippen LogP contribution is -2.60. The van der Waals surface area contributed by atoms with E-state index in [4.69, 9.17) is 0 Å². The van der Waals surface area contributed by atoms with Crippen LogP contribution >= 0.6 is 15.9 Å². The molecule has 31 heavy (non-hydrogen) atoms. The van der Waals surface area contributed by atoms with Crippen LogP contribution in [0.15, 0.2) is 40.9 Å². The Balaban J connectivity index is 2.92. The molecular formula is C19H12BrF9O2. The Morgan fingerprint density at radius 3 is 1.81 bits per heavy atom. The molecule has 0 spiro atoms. The number of hydrogen-bond acceptors (Lipinski definition) is 2. The first-order valence-electron chi connectivity index (χ1n) is 8.18. The molecule has 2 nitrogen and oxygen atoms in total. The molecule has 0 fully saturated rings. The average Bonchev–Trinajstić information content (AvgIpc) is 2.64. The topological polar surface area (TPSA) is 26.3 Å². The zero-order valence-corrected chi connectivity index (χ0v) is 17.1. The maximum atomic E-state index is 15.2. The largest absolute Gasteiger partial charge is 0.465 e. The van der Waals surface area contributed by atoms with E-state index in [2.05, 4.69) is 20.7 Å². The van der Waals surface area contributed by atoms with Crippen LogP contribution in [-0.4, -0.2) is 31.4 Å². The number of rotatable bonds is 4. The standard InChI is InChI=1S/C19H12BrF9O2/c1-9-7-12(16(21,18(24,25)26)17(22,23)19(27,28)29)14(13(20)8-9)10-3-5-11(6-4-10)15(30)31-2/h3-8H,1-2H3. The number of ether oxygens (including phenoxy) is 1. The predicted octanol–water partition coefficient (Wildman–Crippen LogP) is 7.14. The SMILES string of the molecule is COC(=O)c1ccc(-c2c(Br)cc(C)cc2C(F)(C(F)(F)F)C(F)(F)C(F)(F)F)cc1. The smallest absolute Gasteiger partial charge is 0.457 e. The summed E-state index contributed by atoms with van der Waals surface area (Å²) in [4.78, 5) is 11.5. The number of methoxy groups -OCH3 is 1. The fourth-order valence-corrected chi connectivity index (χ4v) is 3.70. The first kappa shape index (κ1) is 25.0. The molecule has 0 saturated carbocycles. The van der Waals surface area contributed by atoms with Crippen molar-refractivity contribution in [3.05, 3.63) is 57.6 Å². The molecule has 2 rings (SSSR count). The quantitative estimate of drug-likeness (QED) is 0.315. The minimum atomic E-state index is -6.85. The summed E-state index contributed by atoms with van der Waals surface area (Å²) >= 11 is 2.82. The van der Waals surface area contributed by atoms with Crippen molar-refractivity contribution in [2.75, 3.05) is 7.11 Å². The Kier molecular flexibility index (Phi) is 6.48. The van der Waals surface area contributed by atoms with E-state index in [9.17, 15) is 39.9 Å². The first-order chi connectivity index (χ1) is 14.0. The molecular weight excluding hydrogens is 511 g/mol. The van der Waals surface area contributed by atoms with Gasteiger partial charge in [-0.1, -0.05) is 34.1 Å². The van der Waals surface area contributed by atoms with Crippen molar-refractivity contribution >= 4 is 21.9 Å². The van der Waals surface area contributed by atoms with E-state index in [0.717, 1.165) is 44.4 Å².